The number of hydrogen-bond acceptors (Lipinski definition) is 1. The Hall–Kier alpha value is 0.947. The fourth-order valence-corrected chi connectivity index (χ4v) is 0.289. The molecule has 2 heteroatoms. The molecular weight excluding hydrogens is 159 g/mol. The molecule has 0 heterocycles. The molecule has 0 saturated heterocycles. The van der Waals surface area contributed by atoms with Gasteiger partial charge in [-0.3, -0.25) is 0 Å². The minimum atomic E-state index is 0. The molecule has 70 valence electrons. The maximum Gasteiger partial charge on any atom is 1.00 e. The predicted molar refractivity (Wildman–Crippen MR) is 56.9 cm³/mol. The summed E-state index contributed by atoms with van der Waals surface area (Å²) in [6.45, 7) is 10.9. The molecule has 1 unspecified atom stereocenters. The summed E-state index contributed by atoms with van der Waals surface area (Å²) in [6.07, 6.45) is 3.78. The van der Waals surface area contributed by atoms with Crippen molar-refractivity contribution in [1.82, 2.24) is 0 Å². The molecule has 0 spiro atoms. The maximum atomic E-state index is 4.78. The van der Waals surface area contributed by atoms with E-state index >= 15 is 0 Å². The van der Waals surface area contributed by atoms with E-state index < -0.39 is 0 Å². The molecule has 12 heavy (non-hydrogen) atoms. The van der Waals surface area contributed by atoms with E-state index in [0.717, 1.165) is 12.3 Å². The Morgan fingerprint density at radius 2 is 1.17 bits per heavy atom. The standard InChI is InChI=1S/C6H14.C4H10S.Li/c1-4-6(3)5-2;1-3-4(2)5;/h6H,4-5H2,1-3H3;4-5H,3H2,1-2H3;/q;;+1/p-1. The third kappa shape index (κ3) is 22.4. The van der Waals surface area contributed by atoms with Crippen LogP contribution < -0.4 is 18.9 Å². The van der Waals surface area contributed by atoms with E-state index in [2.05, 4.69) is 27.7 Å². The van der Waals surface area contributed by atoms with Gasteiger partial charge in [0.25, 0.3) is 0 Å². The first-order valence-electron chi connectivity index (χ1n) is 4.74. The summed E-state index contributed by atoms with van der Waals surface area (Å²) in [7, 11) is 0. The molecular formula is C10H23LiS. The second kappa shape index (κ2) is 14.5. The zero-order valence-corrected chi connectivity index (χ0v) is 10.5. The average molecular weight is 182 g/mol. The van der Waals surface area contributed by atoms with E-state index in [0.29, 0.717) is 5.25 Å². The monoisotopic (exact) mass is 182 g/mol. The number of hydrogen-bond donors (Lipinski definition) is 0. The smallest absolute Gasteiger partial charge is 0.789 e. The van der Waals surface area contributed by atoms with Crippen LogP contribution >= 0.6 is 0 Å². The first kappa shape index (κ1) is 18.7. The van der Waals surface area contributed by atoms with Crippen molar-refractivity contribution in [3.05, 3.63) is 0 Å². The summed E-state index contributed by atoms with van der Waals surface area (Å²) in [6, 6.07) is 0. The topological polar surface area (TPSA) is 0 Å². The van der Waals surface area contributed by atoms with Crippen molar-refractivity contribution >= 4 is 12.6 Å². The average Bonchev–Trinajstić information content (AvgIpc) is 2.04. The van der Waals surface area contributed by atoms with Gasteiger partial charge in [-0.2, -0.15) is 5.25 Å². The molecule has 0 aromatic rings. The summed E-state index contributed by atoms with van der Waals surface area (Å²) in [5.74, 6) is 0.935. The van der Waals surface area contributed by atoms with Gasteiger partial charge in [-0.05, 0) is 5.92 Å². The fraction of sp³-hybridized carbons (Fsp3) is 1.00. The quantitative estimate of drug-likeness (QED) is 0.459. The Kier molecular flexibility index (Phi) is 22.5. The van der Waals surface area contributed by atoms with Crippen molar-refractivity contribution in [3.63, 3.8) is 0 Å². The molecule has 0 radical (unpaired) electrons. The van der Waals surface area contributed by atoms with Crippen molar-refractivity contribution in [1.29, 1.82) is 0 Å². The van der Waals surface area contributed by atoms with E-state index in [-0.39, 0.29) is 18.9 Å². The van der Waals surface area contributed by atoms with Crippen molar-refractivity contribution < 1.29 is 18.9 Å². The van der Waals surface area contributed by atoms with Gasteiger partial charge in [-0.25, -0.2) is 0 Å². The van der Waals surface area contributed by atoms with Gasteiger partial charge < -0.3 is 12.6 Å². The van der Waals surface area contributed by atoms with Crippen molar-refractivity contribution in [2.24, 2.45) is 5.92 Å². The fourth-order valence-electron chi connectivity index (χ4n) is 0.289. The minimum Gasteiger partial charge on any atom is -0.789 e. The van der Waals surface area contributed by atoms with Crippen molar-refractivity contribution in [3.8, 4) is 0 Å². The van der Waals surface area contributed by atoms with E-state index in [1.807, 2.05) is 6.92 Å². The summed E-state index contributed by atoms with van der Waals surface area (Å²) < 4.78 is 0. The van der Waals surface area contributed by atoms with Crippen LogP contribution in [0.25, 0.3) is 0 Å². The van der Waals surface area contributed by atoms with Crippen LogP contribution in [0.1, 0.15) is 53.9 Å². The Morgan fingerprint density at radius 3 is 1.17 bits per heavy atom. The van der Waals surface area contributed by atoms with Crippen molar-refractivity contribution in [2.45, 2.75) is 59.1 Å². The van der Waals surface area contributed by atoms with Crippen LogP contribution in [-0.4, -0.2) is 5.25 Å². The Labute approximate surface area is 96.5 Å². The molecule has 0 saturated carbocycles. The molecule has 0 aromatic carbocycles. The summed E-state index contributed by atoms with van der Waals surface area (Å²) >= 11 is 4.78. The van der Waals surface area contributed by atoms with Crippen LogP contribution in [-0.2, 0) is 12.6 Å². The summed E-state index contributed by atoms with van der Waals surface area (Å²) in [5, 5.41) is 0.468. The molecule has 0 bridgehead atoms. The van der Waals surface area contributed by atoms with E-state index in [1.165, 1.54) is 12.8 Å². The van der Waals surface area contributed by atoms with E-state index in [4.69, 9.17) is 12.6 Å². The van der Waals surface area contributed by atoms with Crippen LogP contribution in [0.4, 0.5) is 0 Å². The zero-order chi connectivity index (χ0) is 9.28. The number of rotatable bonds is 3. The molecule has 1 atom stereocenters. The van der Waals surface area contributed by atoms with Gasteiger partial charge in [0.05, 0.1) is 0 Å². The molecule has 0 aliphatic carbocycles. The zero-order valence-electron chi connectivity index (χ0n) is 9.68. The maximum absolute atomic E-state index is 4.78. The molecule has 0 rings (SSSR count). The third-order valence-electron chi connectivity index (χ3n) is 1.97. The first-order chi connectivity index (χ1) is 5.08. The van der Waals surface area contributed by atoms with Crippen LogP contribution in [0, 0.1) is 5.92 Å². The normalized spacial score (nSPS) is 11.2. The summed E-state index contributed by atoms with van der Waals surface area (Å²) in [4.78, 5) is 0. The molecule has 0 aliphatic rings. The Bertz CT molecular complexity index is 60.9. The SMILES string of the molecule is CCC(C)CC.CCC(C)[S-].[Li+]. The summed E-state index contributed by atoms with van der Waals surface area (Å²) in [5.41, 5.74) is 0. The second-order valence-corrected chi connectivity index (χ2v) is 3.95. The molecule has 0 aromatic heterocycles. The van der Waals surface area contributed by atoms with E-state index in [9.17, 15) is 0 Å². The minimum absolute atomic E-state index is 0. The van der Waals surface area contributed by atoms with Gasteiger partial charge in [-0.15, -0.1) is 0 Å². The van der Waals surface area contributed by atoms with Gasteiger partial charge in [0, 0.05) is 0 Å². The van der Waals surface area contributed by atoms with Gasteiger partial charge in [0.15, 0.2) is 0 Å². The molecule has 0 N–H and O–H groups in total. The molecule has 0 nitrogen and oxygen atoms in total. The molecule has 0 amide bonds. The van der Waals surface area contributed by atoms with Crippen LogP contribution in [0.5, 0.6) is 0 Å². The molecule has 0 aliphatic heterocycles. The third-order valence-corrected chi connectivity index (χ3v) is 2.30. The Morgan fingerprint density at radius 1 is 0.917 bits per heavy atom. The molecule has 0 fully saturated rings. The largest absolute Gasteiger partial charge is 1.00 e. The van der Waals surface area contributed by atoms with E-state index in [1.54, 1.807) is 0 Å². The Balaban J connectivity index is -0.000000126. The first-order valence-corrected chi connectivity index (χ1v) is 5.21. The van der Waals surface area contributed by atoms with Gasteiger partial charge in [0.2, 0.25) is 0 Å². The van der Waals surface area contributed by atoms with Gasteiger partial charge in [0.1, 0.15) is 0 Å². The van der Waals surface area contributed by atoms with Crippen LogP contribution in [0.15, 0.2) is 0 Å². The second-order valence-electron chi connectivity index (χ2n) is 3.14. The van der Waals surface area contributed by atoms with Crippen molar-refractivity contribution in [2.75, 3.05) is 0 Å². The predicted octanol–water partition coefficient (Wildman–Crippen LogP) is 0.778. The van der Waals surface area contributed by atoms with Gasteiger partial charge in [-0.1, -0.05) is 53.9 Å². The van der Waals surface area contributed by atoms with Crippen LogP contribution in [0.2, 0.25) is 0 Å². The van der Waals surface area contributed by atoms with Gasteiger partial charge >= 0.3 is 18.9 Å². The van der Waals surface area contributed by atoms with Crippen LogP contribution in [0.3, 0.4) is 0 Å².